The van der Waals surface area contributed by atoms with Gasteiger partial charge in [-0.1, -0.05) is 18.2 Å². The monoisotopic (exact) mass is 324 g/mol. The Kier molecular flexibility index (Phi) is 4.20. The summed E-state index contributed by atoms with van der Waals surface area (Å²) in [7, 11) is 0. The van der Waals surface area contributed by atoms with E-state index in [9.17, 15) is 14.7 Å². The summed E-state index contributed by atoms with van der Waals surface area (Å²) in [5.74, 6) is -0.430. The number of rotatable bonds is 5. The molecule has 0 bridgehead atoms. The highest BCUT2D eigenvalue weighted by atomic mass is 16.3. The number of nitrogens with one attached hydrogen (secondary N) is 1. The Bertz CT molecular complexity index is 955. The lowest BCUT2D eigenvalue weighted by Crippen LogP contribution is -2.33. The van der Waals surface area contributed by atoms with Gasteiger partial charge >= 0.3 is 0 Å². The van der Waals surface area contributed by atoms with Crippen LogP contribution in [0.2, 0.25) is 0 Å². The first-order chi connectivity index (χ1) is 11.6. The molecular weight excluding hydrogens is 308 g/mol. The van der Waals surface area contributed by atoms with Crippen LogP contribution in [-0.2, 0) is 13.1 Å². The van der Waals surface area contributed by atoms with Gasteiger partial charge in [-0.2, -0.15) is 0 Å². The molecule has 0 saturated heterocycles. The first kappa shape index (κ1) is 15.6. The standard InChI is InChI=1S/C18H16N2O4/c1-2-9-20-14-8-4-3-7-13(14)16(21)15(18(20)23)17(22)19-11-12-6-5-10-24-12/h2-8,10,21H,1,9,11H2,(H,19,22). The summed E-state index contributed by atoms with van der Waals surface area (Å²) in [4.78, 5) is 25.1. The predicted octanol–water partition coefficient (Wildman–Crippen LogP) is 2.42. The van der Waals surface area contributed by atoms with Crippen LogP contribution in [-0.4, -0.2) is 15.6 Å². The van der Waals surface area contributed by atoms with Gasteiger partial charge in [-0.3, -0.25) is 9.59 Å². The van der Waals surface area contributed by atoms with Crippen molar-refractivity contribution < 1.29 is 14.3 Å². The van der Waals surface area contributed by atoms with Crippen LogP contribution >= 0.6 is 0 Å². The third-order valence-corrected chi connectivity index (χ3v) is 3.69. The van der Waals surface area contributed by atoms with Crippen LogP contribution < -0.4 is 10.9 Å². The maximum atomic E-state index is 12.7. The second kappa shape index (κ2) is 6.45. The molecule has 0 aliphatic carbocycles. The Balaban J connectivity index is 2.08. The Hall–Kier alpha value is -3.28. The molecule has 3 aromatic rings. The van der Waals surface area contributed by atoms with Crippen LogP contribution in [0.4, 0.5) is 0 Å². The molecule has 2 aromatic heterocycles. The fourth-order valence-electron chi connectivity index (χ4n) is 2.57. The fraction of sp³-hybridized carbons (Fsp3) is 0.111. The van der Waals surface area contributed by atoms with Crippen molar-refractivity contribution in [3.63, 3.8) is 0 Å². The van der Waals surface area contributed by atoms with Crippen LogP contribution in [0.15, 0.2) is 64.5 Å². The summed E-state index contributed by atoms with van der Waals surface area (Å²) in [5, 5.41) is 13.4. The minimum absolute atomic E-state index is 0.124. The van der Waals surface area contributed by atoms with Gasteiger partial charge < -0.3 is 19.4 Å². The predicted molar refractivity (Wildman–Crippen MR) is 89.9 cm³/mol. The third kappa shape index (κ3) is 2.69. The van der Waals surface area contributed by atoms with Gasteiger partial charge in [-0.15, -0.1) is 6.58 Å². The van der Waals surface area contributed by atoms with E-state index in [-0.39, 0.29) is 24.4 Å². The maximum absolute atomic E-state index is 12.7. The summed E-state index contributed by atoms with van der Waals surface area (Å²) >= 11 is 0. The summed E-state index contributed by atoms with van der Waals surface area (Å²) in [6, 6.07) is 10.3. The van der Waals surface area contributed by atoms with Crippen molar-refractivity contribution >= 4 is 16.8 Å². The summed E-state index contributed by atoms with van der Waals surface area (Å²) in [6.45, 7) is 3.99. The average molecular weight is 324 g/mol. The van der Waals surface area contributed by atoms with Crippen molar-refractivity contribution in [3.05, 3.63) is 77.0 Å². The zero-order valence-electron chi connectivity index (χ0n) is 12.9. The van der Waals surface area contributed by atoms with E-state index in [2.05, 4.69) is 11.9 Å². The van der Waals surface area contributed by atoms with E-state index >= 15 is 0 Å². The van der Waals surface area contributed by atoms with Gasteiger partial charge in [-0.25, -0.2) is 0 Å². The molecule has 0 fully saturated rings. The normalized spacial score (nSPS) is 10.7. The summed E-state index contributed by atoms with van der Waals surface area (Å²) in [6.07, 6.45) is 3.06. The number of benzene rings is 1. The number of pyridine rings is 1. The Morgan fingerprint density at radius 1 is 1.29 bits per heavy atom. The molecule has 1 amide bonds. The maximum Gasteiger partial charge on any atom is 0.268 e. The lowest BCUT2D eigenvalue weighted by atomic mass is 10.1. The summed E-state index contributed by atoms with van der Waals surface area (Å²) < 4.78 is 6.55. The number of hydrogen-bond acceptors (Lipinski definition) is 4. The molecule has 0 aliphatic rings. The number of hydrogen-bond donors (Lipinski definition) is 2. The van der Waals surface area contributed by atoms with Crippen molar-refractivity contribution in [1.29, 1.82) is 0 Å². The number of amides is 1. The lowest BCUT2D eigenvalue weighted by Gasteiger charge is -2.13. The van der Waals surface area contributed by atoms with Crippen LogP contribution in [0.25, 0.3) is 10.9 Å². The largest absolute Gasteiger partial charge is 0.506 e. The minimum Gasteiger partial charge on any atom is -0.506 e. The zero-order chi connectivity index (χ0) is 17.1. The molecular formula is C18H16N2O4. The molecule has 3 rings (SSSR count). The summed E-state index contributed by atoms with van der Waals surface area (Å²) in [5.41, 5.74) is -0.312. The zero-order valence-corrected chi connectivity index (χ0v) is 12.9. The molecule has 1 aromatic carbocycles. The number of aromatic hydroxyl groups is 1. The van der Waals surface area contributed by atoms with Gasteiger partial charge in [0.2, 0.25) is 0 Å². The number of nitrogens with zero attached hydrogens (tertiary/aromatic N) is 1. The second-order valence-corrected chi connectivity index (χ2v) is 5.21. The molecule has 2 heterocycles. The molecule has 0 radical (unpaired) electrons. The van der Waals surface area contributed by atoms with E-state index in [1.165, 1.54) is 10.8 Å². The molecule has 24 heavy (non-hydrogen) atoms. The van der Waals surface area contributed by atoms with Crippen LogP contribution in [0.1, 0.15) is 16.1 Å². The van der Waals surface area contributed by atoms with E-state index < -0.39 is 11.5 Å². The number of furan rings is 1. The lowest BCUT2D eigenvalue weighted by molar-refractivity contribution is 0.0943. The molecule has 6 heteroatoms. The fourth-order valence-corrected chi connectivity index (χ4v) is 2.57. The number of allylic oxidation sites excluding steroid dienone is 1. The molecule has 0 spiro atoms. The van der Waals surface area contributed by atoms with E-state index in [4.69, 9.17) is 4.42 Å². The van der Waals surface area contributed by atoms with Gasteiger partial charge in [0.15, 0.2) is 0 Å². The topological polar surface area (TPSA) is 84.5 Å². The molecule has 6 nitrogen and oxygen atoms in total. The molecule has 0 unspecified atom stereocenters. The van der Waals surface area contributed by atoms with E-state index in [1.807, 2.05) is 0 Å². The molecule has 0 saturated carbocycles. The van der Waals surface area contributed by atoms with E-state index in [0.717, 1.165) is 0 Å². The smallest absolute Gasteiger partial charge is 0.268 e. The van der Waals surface area contributed by atoms with E-state index in [1.54, 1.807) is 42.5 Å². The number of para-hydroxylation sites is 1. The van der Waals surface area contributed by atoms with Crippen molar-refractivity contribution in [2.45, 2.75) is 13.1 Å². The van der Waals surface area contributed by atoms with Gasteiger partial charge in [0.1, 0.15) is 17.1 Å². The first-order valence-corrected chi connectivity index (χ1v) is 7.39. The quantitative estimate of drug-likeness (QED) is 0.706. The molecule has 122 valence electrons. The Morgan fingerprint density at radius 2 is 2.08 bits per heavy atom. The number of aromatic nitrogens is 1. The van der Waals surface area contributed by atoms with Gasteiger partial charge in [-0.05, 0) is 24.3 Å². The highest BCUT2D eigenvalue weighted by Gasteiger charge is 2.21. The van der Waals surface area contributed by atoms with Gasteiger partial charge in [0, 0.05) is 11.9 Å². The van der Waals surface area contributed by atoms with Crippen molar-refractivity contribution in [2.24, 2.45) is 0 Å². The number of carbonyl (C=O) groups excluding carboxylic acids is 1. The van der Waals surface area contributed by atoms with E-state index in [0.29, 0.717) is 16.7 Å². The SMILES string of the molecule is C=CCn1c(=O)c(C(=O)NCc2ccco2)c(O)c2ccccc21. The van der Waals surface area contributed by atoms with Gasteiger partial charge in [0.05, 0.1) is 18.3 Å². The van der Waals surface area contributed by atoms with Crippen molar-refractivity contribution in [3.8, 4) is 5.75 Å². The third-order valence-electron chi connectivity index (χ3n) is 3.69. The van der Waals surface area contributed by atoms with Crippen LogP contribution in [0.5, 0.6) is 5.75 Å². The van der Waals surface area contributed by atoms with Crippen molar-refractivity contribution in [1.82, 2.24) is 9.88 Å². The molecule has 0 atom stereocenters. The highest BCUT2D eigenvalue weighted by molar-refractivity contribution is 6.02. The molecule has 2 N–H and O–H groups in total. The first-order valence-electron chi connectivity index (χ1n) is 7.39. The van der Waals surface area contributed by atoms with Crippen molar-refractivity contribution in [2.75, 3.05) is 0 Å². The number of fused-ring (bicyclic) bond motifs is 1. The number of carbonyl (C=O) groups is 1. The Morgan fingerprint density at radius 3 is 2.79 bits per heavy atom. The van der Waals surface area contributed by atoms with Gasteiger partial charge in [0.25, 0.3) is 11.5 Å². The van der Waals surface area contributed by atoms with Crippen LogP contribution in [0, 0.1) is 0 Å². The van der Waals surface area contributed by atoms with Crippen LogP contribution in [0.3, 0.4) is 0 Å². The second-order valence-electron chi connectivity index (χ2n) is 5.21. The minimum atomic E-state index is -0.655. The Labute approximate surface area is 137 Å². The molecule has 0 aliphatic heterocycles. The highest BCUT2D eigenvalue weighted by Crippen LogP contribution is 2.26. The average Bonchev–Trinajstić information content (AvgIpc) is 3.10.